The van der Waals surface area contributed by atoms with Crippen LogP contribution in [0.2, 0.25) is 0 Å². The first kappa shape index (κ1) is 22.3. The highest BCUT2D eigenvalue weighted by molar-refractivity contribution is 6.08. The lowest BCUT2D eigenvalue weighted by molar-refractivity contribution is 0.0687. The second-order valence-electron chi connectivity index (χ2n) is 8.44. The third kappa shape index (κ3) is 3.93. The number of halogens is 1. The Hall–Kier alpha value is -4.46. The Morgan fingerprint density at radius 3 is 2.66 bits per heavy atom. The molecule has 0 aliphatic carbocycles. The quantitative estimate of drug-likeness (QED) is 0.371. The van der Waals surface area contributed by atoms with E-state index >= 15 is 0 Å². The molecule has 0 aliphatic rings. The molecule has 7 nitrogen and oxygen atoms in total. The summed E-state index contributed by atoms with van der Waals surface area (Å²) >= 11 is 0. The van der Waals surface area contributed by atoms with Crippen molar-refractivity contribution in [2.75, 3.05) is 0 Å². The molecule has 0 bridgehead atoms. The Balaban J connectivity index is 1.76. The topological polar surface area (TPSA) is 92.9 Å². The number of hydrogen-bond acceptors (Lipinski definition) is 3. The van der Waals surface area contributed by atoms with Gasteiger partial charge < -0.3 is 14.7 Å². The molecule has 5 aromatic rings. The molecule has 0 atom stereocenters. The van der Waals surface area contributed by atoms with Crippen molar-refractivity contribution in [3.63, 3.8) is 0 Å². The van der Waals surface area contributed by atoms with Crippen molar-refractivity contribution >= 4 is 16.9 Å². The van der Waals surface area contributed by atoms with E-state index in [2.05, 4.69) is 10.1 Å². The molecule has 0 spiro atoms. The van der Waals surface area contributed by atoms with Crippen LogP contribution >= 0.6 is 0 Å². The summed E-state index contributed by atoms with van der Waals surface area (Å²) in [6.45, 7) is 1.98. The predicted octanol–water partition coefficient (Wildman–Crippen LogP) is 4.85. The van der Waals surface area contributed by atoms with Crippen molar-refractivity contribution < 1.29 is 14.3 Å². The van der Waals surface area contributed by atoms with E-state index in [4.69, 9.17) is 0 Å². The number of carboxylic acid groups (broad SMARTS) is 1. The van der Waals surface area contributed by atoms with Crippen LogP contribution in [-0.2, 0) is 20.0 Å². The van der Waals surface area contributed by atoms with Gasteiger partial charge in [0.2, 0.25) is 0 Å². The molecule has 0 aliphatic heterocycles. The van der Waals surface area contributed by atoms with Gasteiger partial charge in [0.15, 0.2) is 0 Å². The van der Waals surface area contributed by atoms with Crippen LogP contribution < -0.4 is 5.56 Å². The van der Waals surface area contributed by atoms with Crippen LogP contribution in [-0.4, -0.2) is 30.4 Å². The first-order valence-electron chi connectivity index (χ1n) is 11.2. The number of nitrogens with one attached hydrogen (secondary N) is 1. The zero-order valence-electron chi connectivity index (χ0n) is 19.2. The number of pyridine rings is 1. The van der Waals surface area contributed by atoms with Crippen LogP contribution in [0.15, 0.2) is 71.9 Å². The third-order valence-electron chi connectivity index (χ3n) is 6.24. The van der Waals surface area contributed by atoms with Crippen molar-refractivity contribution in [2.45, 2.75) is 19.9 Å². The molecule has 0 radical (unpaired) electrons. The van der Waals surface area contributed by atoms with Crippen LogP contribution in [0.4, 0.5) is 4.39 Å². The highest BCUT2D eigenvalue weighted by Crippen LogP contribution is 2.35. The molecule has 176 valence electrons. The number of aromatic nitrogens is 4. The number of aromatic amines is 1. The average molecular weight is 471 g/mol. The van der Waals surface area contributed by atoms with E-state index in [1.807, 2.05) is 31.3 Å². The first-order valence-corrected chi connectivity index (χ1v) is 11.2. The van der Waals surface area contributed by atoms with Crippen molar-refractivity contribution in [3.05, 3.63) is 100 Å². The van der Waals surface area contributed by atoms with Gasteiger partial charge in [0.25, 0.3) is 5.56 Å². The van der Waals surface area contributed by atoms with E-state index < -0.39 is 11.8 Å². The standard InChI is InChI=1S/C27H23FN4O3/c1-3-16-6-9-23-21(11-16)24(20-5-4-10-29-26(20)33)25(27(34)35)32(23)15-18-12-17(7-8-22(18)28)19-13-30-31(2)14-19/h4-14H,3,15H2,1-2H3,(H,29,33)(H,34,35). The van der Waals surface area contributed by atoms with E-state index in [0.29, 0.717) is 22.0 Å². The minimum absolute atomic E-state index is 0.0196. The van der Waals surface area contributed by atoms with E-state index in [9.17, 15) is 19.1 Å². The molecule has 35 heavy (non-hydrogen) atoms. The summed E-state index contributed by atoms with van der Waals surface area (Å²) in [5.74, 6) is -1.64. The Morgan fingerprint density at radius 1 is 1.14 bits per heavy atom. The number of H-pyrrole nitrogens is 1. The smallest absolute Gasteiger partial charge is 0.353 e. The number of nitrogens with zero attached hydrogens (tertiary/aromatic N) is 3. The SMILES string of the molecule is CCc1ccc2c(c1)c(-c1ccc[nH]c1=O)c(C(=O)O)n2Cc1cc(-c2cnn(C)c2)ccc1F. The molecule has 2 N–H and O–H groups in total. The van der Waals surface area contributed by atoms with Crippen molar-refractivity contribution in [2.24, 2.45) is 7.05 Å². The van der Waals surface area contributed by atoms with Gasteiger partial charge in [-0.2, -0.15) is 5.10 Å². The predicted molar refractivity (Wildman–Crippen MR) is 132 cm³/mol. The lowest BCUT2D eigenvalue weighted by Crippen LogP contribution is -2.14. The molecule has 0 fully saturated rings. The highest BCUT2D eigenvalue weighted by atomic mass is 19.1. The van der Waals surface area contributed by atoms with Crippen molar-refractivity contribution in [1.82, 2.24) is 19.3 Å². The average Bonchev–Trinajstić information content (AvgIpc) is 3.42. The zero-order valence-corrected chi connectivity index (χ0v) is 19.2. The summed E-state index contributed by atoms with van der Waals surface area (Å²) in [5.41, 5.74) is 3.69. The lowest BCUT2D eigenvalue weighted by Gasteiger charge is -2.12. The molecular formula is C27H23FN4O3. The summed E-state index contributed by atoms with van der Waals surface area (Å²) in [5, 5.41) is 15.1. The Morgan fingerprint density at radius 2 is 1.97 bits per heavy atom. The first-order chi connectivity index (χ1) is 16.9. The van der Waals surface area contributed by atoms with Crippen molar-refractivity contribution in [1.29, 1.82) is 0 Å². The molecule has 5 rings (SSSR count). The van der Waals surface area contributed by atoms with E-state index in [1.165, 1.54) is 12.3 Å². The summed E-state index contributed by atoms with van der Waals surface area (Å²) < 4.78 is 18.2. The van der Waals surface area contributed by atoms with Gasteiger partial charge >= 0.3 is 5.97 Å². The van der Waals surface area contributed by atoms with Crippen LogP contribution in [0, 0.1) is 5.82 Å². The molecule has 0 unspecified atom stereocenters. The Bertz CT molecular complexity index is 1640. The Labute approximate surface area is 200 Å². The maximum atomic E-state index is 15.0. The molecule has 0 amide bonds. The van der Waals surface area contributed by atoms with Crippen LogP contribution in [0.25, 0.3) is 33.2 Å². The molecule has 8 heteroatoms. The second-order valence-corrected chi connectivity index (χ2v) is 8.44. The summed E-state index contributed by atoms with van der Waals surface area (Å²) in [7, 11) is 1.80. The molecule has 3 heterocycles. The number of aryl methyl sites for hydroxylation is 2. The Kier molecular flexibility index (Phi) is 5.56. The highest BCUT2D eigenvalue weighted by Gasteiger charge is 2.26. The molecule has 2 aromatic carbocycles. The van der Waals surface area contributed by atoms with Gasteiger partial charge in [-0.3, -0.25) is 9.48 Å². The van der Waals surface area contributed by atoms with Gasteiger partial charge in [0.05, 0.1) is 12.7 Å². The number of fused-ring (bicyclic) bond motifs is 1. The molecular weight excluding hydrogens is 447 g/mol. The van der Waals surface area contributed by atoms with Crippen molar-refractivity contribution in [3.8, 4) is 22.3 Å². The second kappa shape index (κ2) is 8.72. The summed E-state index contributed by atoms with van der Waals surface area (Å²) in [6.07, 6.45) is 5.77. The van der Waals surface area contributed by atoms with E-state index in [1.54, 1.807) is 46.8 Å². The number of aromatic carboxylic acids is 1. The fourth-order valence-electron chi connectivity index (χ4n) is 4.52. The molecule has 0 saturated heterocycles. The van der Waals surface area contributed by atoms with Crippen LogP contribution in [0.1, 0.15) is 28.5 Å². The van der Waals surface area contributed by atoms with Gasteiger partial charge in [-0.25, -0.2) is 9.18 Å². The van der Waals surface area contributed by atoms with Gasteiger partial charge in [0, 0.05) is 52.6 Å². The van der Waals surface area contributed by atoms with Gasteiger partial charge in [-0.05, 0) is 53.9 Å². The fourth-order valence-corrected chi connectivity index (χ4v) is 4.52. The van der Waals surface area contributed by atoms with Gasteiger partial charge in [-0.15, -0.1) is 0 Å². The normalized spacial score (nSPS) is 11.3. The maximum Gasteiger partial charge on any atom is 0.353 e. The largest absolute Gasteiger partial charge is 0.477 e. The summed E-state index contributed by atoms with van der Waals surface area (Å²) in [4.78, 5) is 27.9. The number of benzene rings is 2. The zero-order chi connectivity index (χ0) is 24.7. The number of hydrogen-bond donors (Lipinski definition) is 2. The van der Waals surface area contributed by atoms with Gasteiger partial charge in [-0.1, -0.05) is 19.1 Å². The molecule has 0 saturated carbocycles. The number of rotatable bonds is 6. The number of carbonyl (C=O) groups is 1. The lowest BCUT2D eigenvalue weighted by atomic mass is 10.0. The number of carboxylic acids is 1. The maximum absolute atomic E-state index is 15.0. The minimum Gasteiger partial charge on any atom is -0.477 e. The van der Waals surface area contributed by atoms with Crippen LogP contribution in [0.3, 0.4) is 0 Å². The third-order valence-corrected chi connectivity index (χ3v) is 6.24. The van der Waals surface area contributed by atoms with Crippen LogP contribution in [0.5, 0.6) is 0 Å². The van der Waals surface area contributed by atoms with E-state index in [0.717, 1.165) is 23.1 Å². The summed E-state index contributed by atoms with van der Waals surface area (Å²) in [6, 6.07) is 13.7. The fraction of sp³-hybridized carbons (Fsp3) is 0.148. The monoisotopic (exact) mass is 470 g/mol. The van der Waals surface area contributed by atoms with E-state index in [-0.39, 0.29) is 23.4 Å². The van der Waals surface area contributed by atoms with Gasteiger partial charge in [0.1, 0.15) is 11.5 Å². The minimum atomic E-state index is -1.19. The molecule has 3 aromatic heterocycles.